The summed E-state index contributed by atoms with van der Waals surface area (Å²) in [4.78, 5) is 46.3. The van der Waals surface area contributed by atoms with Gasteiger partial charge in [-0.3, -0.25) is 19.3 Å². The van der Waals surface area contributed by atoms with E-state index in [-0.39, 0.29) is 5.78 Å². The minimum Gasteiger partial charge on any atom is -0.369 e. The molecule has 190 valence electrons. The Morgan fingerprint density at radius 1 is 0.789 bits per heavy atom. The van der Waals surface area contributed by atoms with Crippen LogP contribution in [0.25, 0.3) is 0 Å². The first-order valence-corrected chi connectivity index (χ1v) is 13.7. The molecule has 4 aromatic rings. The number of hydrogen-bond acceptors (Lipinski definition) is 6. The largest absolute Gasteiger partial charge is 0.369 e. The van der Waals surface area contributed by atoms with Crippen molar-refractivity contribution in [2.75, 3.05) is 36.0 Å². The molecule has 0 radical (unpaired) electrons. The van der Waals surface area contributed by atoms with Gasteiger partial charge in [0.2, 0.25) is 0 Å². The van der Waals surface area contributed by atoms with Crippen molar-refractivity contribution in [1.29, 1.82) is 0 Å². The van der Waals surface area contributed by atoms with Crippen LogP contribution in [0.15, 0.2) is 84.2 Å². The third-order valence-electron chi connectivity index (χ3n) is 7.07. The average molecular weight is 542 g/mol. The molecule has 2 aliphatic heterocycles. The molecule has 2 aliphatic rings. The molecule has 1 saturated heterocycles. The predicted molar refractivity (Wildman–Crippen MR) is 151 cm³/mol. The molecule has 6 rings (SSSR count). The van der Waals surface area contributed by atoms with Gasteiger partial charge in [0.25, 0.3) is 11.8 Å². The maximum atomic E-state index is 13.9. The van der Waals surface area contributed by atoms with Crippen LogP contribution in [-0.4, -0.2) is 48.7 Å². The second-order valence-electron chi connectivity index (χ2n) is 9.37. The molecule has 38 heavy (non-hydrogen) atoms. The first-order chi connectivity index (χ1) is 18.5. The van der Waals surface area contributed by atoms with Crippen molar-refractivity contribution in [3.05, 3.63) is 117 Å². The van der Waals surface area contributed by atoms with Crippen molar-refractivity contribution in [2.45, 2.75) is 6.54 Å². The molecule has 0 atom stereocenters. The summed E-state index contributed by atoms with van der Waals surface area (Å²) in [5.74, 6) is -1.03. The second-order valence-corrected chi connectivity index (χ2v) is 10.7. The summed E-state index contributed by atoms with van der Waals surface area (Å²) >= 11 is 7.33. The highest BCUT2D eigenvalue weighted by molar-refractivity contribution is 7.15. The van der Waals surface area contributed by atoms with E-state index in [1.54, 1.807) is 48.5 Å². The standard InChI is InChI=1S/C30H24ClN3O3S/c31-22-12-10-20(11-13-22)27(35)26-21(18-32-14-16-33(17-15-32)23-6-2-1-3-7-23)19-38-30(26)34-28(36)24-8-4-5-9-25(24)29(34)37/h1-13,19H,14-18H2. The van der Waals surface area contributed by atoms with Crippen molar-refractivity contribution in [1.82, 2.24) is 4.90 Å². The summed E-state index contributed by atoms with van der Waals surface area (Å²) in [5.41, 5.74) is 3.59. The monoisotopic (exact) mass is 541 g/mol. The number of halogens is 1. The fourth-order valence-corrected chi connectivity index (χ4v) is 6.25. The van der Waals surface area contributed by atoms with Gasteiger partial charge in [-0.1, -0.05) is 41.9 Å². The number of thiophene rings is 1. The number of para-hydroxylation sites is 1. The van der Waals surface area contributed by atoms with Crippen LogP contribution in [0, 0.1) is 0 Å². The Balaban J connectivity index is 1.32. The van der Waals surface area contributed by atoms with E-state index in [4.69, 9.17) is 11.6 Å². The van der Waals surface area contributed by atoms with Gasteiger partial charge in [0.1, 0.15) is 5.00 Å². The minimum absolute atomic E-state index is 0.229. The van der Waals surface area contributed by atoms with Gasteiger partial charge in [-0.15, -0.1) is 11.3 Å². The molecule has 0 aliphatic carbocycles. The van der Waals surface area contributed by atoms with Crippen LogP contribution in [0.5, 0.6) is 0 Å². The van der Waals surface area contributed by atoms with Gasteiger partial charge in [0.05, 0.1) is 16.7 Å². The number of piperazine rings is 1. The zero-order valence-corrected chi connectivity index (χ0v) is 22.0. The Hall–Kier alpha value is -3.78. The van der Waals surface area contributed by atoms with Gasteiger partial charge in [-0.2, -0.15) is 0 Å². The van der Waals surface area contributed by atoms with Crippen LogP contribution in [0.1, 0.15) is 42.2 Å². The zero-order valence-electron chi connectivity index (χ0n) is 20.5. The number of imide groups is 1. The molecule has 0 spiro atoms. The number of rotatable bonds is 6. The molecule has 2 amide bonds. The van der Waals surface area contributed by atoms with Crippen LogP contribution < -0.4 is 9.80 Å². The number of anilines is 2. The van der Waals surface area contributed by atoms with E-state index in [9.17, 15) is 14.4 Å². The van der Waals surface area contributed by atoms with E-state index >= 15 is 0 Å². The number of carbonyl (C=O) groups excluding carboxylic acids is 3. The summed E-state index contributed by atoms with van der Waals surface area (Å²) in [7, 11) is 0. The van der Waals surface area contributed by atoms with Crippen molar-refractivity contribution in [3.63, 3.8) is 0 Å². The molecule has 0 N–H and O–H groups in total. The molecule has 3 heterocycles. The van der Waals surface area contributed by atoms with Crippen molar-refractivity contribution in [2.24, 2.45) is 0 Å². The fourth-order valence-electron chi connectivity index (χ4n) is 5.07. The first-order valence-electron chi connectivity index (χ1n) is 12.4. The van der Waals surface area contributed by atoms with Gasteiger partial charge in [0.15, 0.2) is 5.78 Å². The summed E-state index contributed by atoms with van der Waals surface area (Å²) in [6, 6.07) is 23.8. The van der Waals surface area contributed by atoms with Crippen LogP contribution in [0.3, 0.4) is 0 Å². The topological polar surface area (TPSA) is 60.9 Å². The summed E-state index contributed by atoms with van der Waals surface area (Å²) in [5, 5.41) is 2.81. The molecule has 8 heteroatoms. The van der Waals surface area contributed by atoms with E-state index in [0.717, 1.165) is 36.6 Å². The predicted octanol–water partition coefficient (Wildman–Crippen LogP) is 5.76. The van der Waals surface area contributed by atoms with E-state index in [2.05, 4.69) is 21.9 Å². The van der Waals surface area contributed by atoms with Crippen molar-refractivity contribution < 1.29 is 14.4 Å². The lowest BCUT2D eigenvalue weighted by Crippen LogP contribution is -2.46. The maximum Gasteiger partial charge on any atom is 0.266 e. The van der Waals surface area contributed by atoms with E-state index in [1.807, 2.05) is 23.6 Å². The Morgan fingerprint density at radius 2 is 1.39 bits per heavy atom. The summed E-state index contributed by atoms with van der Waals surface area (Å²) in [6.45, 7) is 3.97. The van der Waals surface area contributed by atoms with E-state index in [0.29, 0.717) is 38.8 Å². The summed E-state index contributed by atoms with van der Waals surface area (Å²) < 4.78 is 0. The normalized spacial score (nSPS) is 15.7. The van der Waals surface area contributed by atoms with E-state index < -0.39 is 11.8 Å². The number of fused-ring (bicyclic) bond motifs is 1. The molecule has 1 fully saturated rings. The van der Waals surface area contributed by atoms with Crippen LogP contribution in [0.4, 0.5) is 10.7 Å². The van der Waals surface area contributed by atoms with Crippen molar-refractivity contribution in [3.8, 4) is 0 Å². The Morgan fingerprint density at radius 3 is 2.03 bits per heavy atom. The average Bonchev–Trinajstić information content (AvgIpc) is 3.47. The quantitative estimate of drug-likeness (QED) is 0.229. The number of nitrogens with zero attached hydrogens (tertiary/aromatic N) is 3. The number of benzene rings is 3. The molecule has 3 aromatic carbocycles. The molecule has 6 nitrogen and oxygen atoms in total. The highest BCUT2D eigenvalue weighted by atomic mass is 35.5. The first kappa shape index (κ1) is 24.6. The number of carbonyl (C=O) groups is 3. The Bertz CT molecular complexity index is 1490. The van der Waals surface area contributed by atoms with Gasteiger partial charge in [-0.25, -0.2) is 4.90 Å². The van der Waals surface area contributed by atoms with Crippen LogP contribution in [-0.2, 0) is 6.54 Å². The van der Waals surface area contributed by atoms with Gasteiger partial charge >= 0.3 is 0 Å². The Kier molecular flexibility index (Phi) is 6.57. The van der Waals surface area contributed by atoms with Gasteiger partial charge in [-0.05, 0) is 59.5 Å². The van der Waals surface area contributed by atoms with Crippen LogP contribution >= 0.6 is 22.9 Å². The maximum absolute atomic E-state index is 13.9. The fraction of sp³-hybridized carbons (Fsp3) is 0.167. The zero-order chi connectivity index (χ0) is 26.2. The lowest BCUT2D eigenvalue weighted by Gasteiger charge is -2.36. The number of ketones is 1. The molecule has 0 bridgehead atoms. The molecular weight excluding hydrogens is 518 g/mol. The van der Waals surface area contributed by atoms with Crippen LogP contribution in [0.2, 0.25) is 5.02 Å². The smallest absolute Gasteiger partial charge is 0.266 e. The second kappa shape index (κ2) is 10.2. The molecule has 0 saturated carbocycles. The Labute approximate surface area is 229 Å². The van der Waals surface area contributed by atoms with E-state index in [1.165, 1.54) is 17.0 Å². The lowest BCUT2D eigenvalue weighted by molar-refractivity contribution is 0.0927. The SMILES string of the molecule is O=C(c1ccc(Cl)cc1)c1c(CN2CCN(c3ccccc3)CC2)csc1N1C(=O)c2ccccc2C1=O. The lowest BCUT2D eigenvalue weighted by atomic mass is 10.0. The molecule has 1 aromatic heterocycles. The minimum atomic E-state index is -0.402. The molecular formula is C30H24ClN3O3S. The number of amides is 2. The van der Waals surface area contributed by atoms with Gasteiger partial charge < -0.3 is 4.90 Å². The molecule has 0 unspecified atom stereocenters. The third-order valence-corrected chi connectivity index (χ3v) is 8.33. The van der Waals surface area contributed by atoms with Gasteiger partial charge in [0, 0.05) is 49.0 Å². The summed E-state index contributed by atoms with van der Waals surface area (Å²) in [6.07, 6.45) is 0. The number of hydrogen-bond donors (Lipinski definition) is 0. The van der Waals surface area contributed by atoms with Crippen molar-refractivity contribution >= 4 is 51.2 Å². The highest BCUT2D eigenvalue weighted by Crippen LogP contribution is 2.39. The third kappa shape index (κ3) is 4.43. The highest BCUT2D eigenvalue weighted by Gasteiger charge is 2.40.